The molecule has 0 spiro atoms. The van der Waals surface area contributed by atoms with Gasteiger partial charge in [-0.3, -0.25) is 9.69 Å². The number of hydrogen-bond acceptors (Lipinski definition) is 3. The van der Waals surface area contributed by atoms with E-state index in [-0.39, 0.29) is 5.91 Å². The summed E-state index contributed by atoms with van der Waals surface area (Å²) in [5, 5.41) is 0. The summed E-state index contributed by atoms with van der Waals surface area (Å²) in [6, 6.07) is 24.9. The van der Waals surface area contributed by atoms with Gasteiger partial charge in [0.05, 0.1) is 11.4 Å². The van der Waals surface area contributed by atoms with Crippen molar-refractivity contribution in [3.05, 3.63) is 84.4 Å². The van der Waals surface area contributed by atoms with Gasteiger partial charge in [0.15, 0.2) is 0 Å². The highest BCUT2D eigenvalue weighted by molar-refractivity contribution is 6.00. The molecule has 4 heteroatoms. The van der Waals surface area contributed by atoms with Gasteiger partial charge in [-0.15, -0.1) is 0 Å². The SMILES string of the molecule is Nc1ccc(CCC(=O)N(c2ccccc2)c2ccccc2)cc1N. The van der Waals surface area contributed by atoms with E-state index < -0.39 is 0 Å². The second-order valence-electron chi connectivity index (χ2n) is 5.86. The van der Waals surface area contributed by atoms with E-state index in [2.05, 4.69) is 0 Å². The Labute approximate surface area is 147 Å². The number of nitrogens with two attached hydrogens (primary N) is 2. The van der Waals surface area contributed by atoms with Crippen molar-refractivity contribution >= 4 is 28.7 Å². The molecule has 0 unspecified atom stereocenters. The molecular formula is C21H21N3O. The van der Waals surface area contributed by atoms with Crippen molar-refractivity contribution in [2.24, 2.45) is 0 Å². The van der Waals surface area contributed by atoms with Crippen molar-refractivity contribution in [1.29, 1.82) is 0 Å². The highest BCUT2D eigenvalue weighted by atomic mass is 16.2. The van der Waals surface area contributed by atoms with Gasteiger partial charge < -0.3 is 11.5 Å². The highest BCUT2D eigenvalue weighted by Crippen LogP contribution is 2.26. The zero-order valence-corrected chi connectivity index (χ0v) is 13.9. The molecule has 0 aliphatic heterocycles. The number of nitrogens with zero attached hydrogens (tertiary/aromatic N) is 1. The molecule has 126 valence electrons. The number of carbonyl (C=O) groups excluding carboxylic acids is 1. The topological polar surface area (TPSA) is 72.4 Å². The number of para-hydroxylation sites is 2. The second-order valence-corrected chi connectivity index (χ2v) is 5.86. The number of carbonyl (C=O) groups is 1. The van der Waals surface area contributed by atoms with Crippen LogP contribution in [0.1, 0.15) is 12.0 Å². The van der Waals surface area contributed by atoms with Gasteiger partial charge in [0, 0.05) is 17.8 Å². The van der Waals surface area contributed by atoms with E-state index in [1.807, 2.05) is 72.8 Å². The molecule has 3 rings (SSSR count). The minimum Gasteiger partial charge on any atom is -0.397 e. The van der Waals surface area contributed by atoms with E-state index in [9.17, 15) is 4.79 Å². The molecule has 0 aliphatic carbocycles. The lowest BCUT2D eigenvalue weighted by molar-refractivity contribution is -0.117. The van der Waals surface area contributed by atoms with Crippen LogP contribution in [0.15, 0.2) is 78.9 Å². The Bertz CT molecular complexity index is 808. The molecule has 1 amide bonds. The highest BCUT2D eigenvalue weighted by Gasteiger charge is 2.17. The molecule has 0 saturated heterocycles. The first-order valence-corrected chi connectivity index (χ1v) is 8.22. The van der Waals surface area contributed by atoms with Crippen LogP contribution in [-0.4, -0.2) is 5.91 Å². The third-order valence-corrected chi connectivity index (χ3v) is 4.06. The van der Waals surface area contributed by atoms with E-state index in [4.69, 9.17) is 11.5 Å². The maximum atomic E-state index is 12.9. The summed E-state index contributed by atoms with van der Waals surface area (Å²) in [4.78, 5) is 14.7. The average molecular weight is 331 g/mol. The first-order valence-electron chi connectivity index (χ1n) is 8.22. The van der Waals surface area contributed by atoms with Crippen molar-refractivity contribution in [3.63, 3.8) is 0 Å². The zero-order valence-electron chi connectivity index (χ0n) is 13.9. The summed E-state index contributed by atoms with van der Waals surface area (Å²) in [6.07, 6.45) is 0.993. The van der Waals surface area contributed by atoms with Crippen molar-refractivity contribution in [1.82, 2.24) is 0 Å². The molecule has 0 heterocycles. The Morgan fingerprint density at radius 1 is 0.760 bits per heavy atom. The Morgan fingerprint density at radius 3 is 1.84 bits per heavy atom. The summed E-state index contributed by atoms with van der Waals surface area (Å²) < 4.78 is 0. The van der Waals surface area contributed by atoms with Gasteiger partial charge in [-0.05, 0) is 48.4 Å². The number of aryl methyl sites for hydroxylation is 1. The van der Waals surface area contributed by atoms with Crippen LogP contribution in [0, 0.1) is 0 Å². The van der Waals surface area contributed by atoms with E-state index >= 15 is 0 Å². The standard InChI is InChI=1S/C21H21N3O/c22-19-13-11-16(15-20(19)23)12-14-21(25)24(17-7-3-1-4-8-17)18-9-5-2-6-10-18/h1-11,13,15H,12,14,22-23H2. The molecule has 3 aromatic rings. The first kappa shape index (κ1) is 16.6. The molecule has 0 bridgehead atoms. The number of nitrogen functional groups attached to an aromatic ring is 2. The summed E-state index contributed by atoms with van der Waals surface area (Å²) in [7, 11) is 0. The second kappa shape index (κ2) is 7.53. The van der Waals surface area contributed by atoms with E-state index in [0.29, 0.717) is 24.2 Å². The fraction of sp³-hybridized carbons (Fsp3) is 0.0952. The Morgan fingerprint density at radius 2 is 1.32 bits per heavy atom. The van der Waals surface area contributed by atoms with Gasteiger partial charge in [0.2, 0.25) is 5.91 Å². The normalized spacial score (nSPS) is 10.4. The van der Waals surface area contributed by atoms with Gasteiger partial charge in [-0.2, -0.15) is 0 Å². The fourth-order valence-corrected chi connectivity index (χ4v) is 2.73. The molecular weight excluding hydrogens is 310 g/mol. The van der Waals surface area contributed by atoms with Crippen LogP contribution in [0.4, 0.5) is 22.7 Å². The lowest BCUT2D eigenvalue weighted by Gasteiger charge is -2.23. The molecule has 0 radical (unpaired) electrons. The third kappa shape index (κ3) is 3.98. The smallest absolute Gasteiger partial charge is 0.231 e. The van der Waals surface area contributed by atoms with Gasteiger partial charge >= 0.3 is 0 Å². The Kier molecular flexibility index (Phi) is 5.00. The van der Waals surface area contributed by atoms with Crippen LogP contribution in [-0.2, 0) is 11.2 Å². The molecule has 4 nitrogen and oxygen atoms in total. The lowest BCUT2D eigenvalue weighted by atomic mass is 10.1. The number of rotatable bonds is 5. The van der Waals surface area contributed by atoms with Gasteiger partial charge in [-0.1, -0.05) is 42.5 Å². The van der Waals surface area contributed by atoms with Crippen LogP contribution in [0.25, 0.3) is 0 Å². The molecule has 25 heavy (non-hydrogen) atoms. The van der Waals surface area contributed by atoms with Crippen LogP contribution in [0.2, 0.25) is 0 Å². The van der Waals surface area contributed by atoms with Crippen molar-refractivity contribution in [2.45, 2.75) is 12.8 Å². The van der Waals surface area contributed by atoms with Crippen LogP contribution in [0.5, 0.6) is 0 Å². The number of amides is 1. The quantitative estimate of drug-likeness (QED) is 0.690. The third-order valence-electron chi connectivity index (χ3n) is 4.06. The van der Waals surface area contributed by atoms with Crippen molar-refractivity contribution in [3.8, 4) is 0 Å². The molecule has 0 saturated carbocycles. The largest absolute Gasteiger partial charge is 0.397 e. The number of benzene rings is 3. The maximum Gasteiger partial charge on any atom is 0.231 e. The minimum atomic E-state index is 0.0350. The van der Waals surface area contributed by atoms with Gasteiger partial charge in [0.25, 0.3) is 0 Å². The molecule has 0 atom stereocenters. The summed E-state index contributed by atoms with van der Waals surface area (Å²) >= 11 is 0. The van der Waals surface area contributed by atoms with E-state index in [0.717, 1.165) is 16.9 Å². The summed E-state index contributed by atoms with van der Waals surface area (Å²) in [5.41, 5.74) is 15.4. The van der Waals surface area contributed by atoms with Crippen LogP contribution >= 0.6 is 0 Å². The first-order chi connectivity index (χ1) is 12.1. The fourth-order valence-electron chi connectivity index (χ4n) is 2.73. The summed E-state index contributed by atoms with van der Waals surface area (Å²) in [5.74, 6) is 0.0350. The van der Waals surface area contributed by atoms with Crippen molar-refractivity contribution in [2.75, 3.05) is 16.4 Å². The monoisotopic (exact) mass is 331 g/mol. The summed E-state index contributed by atoms with van der Waals surface area (Å²) in [6.45, 7) is 0. The zero-order chi connectivity index (χ0) is 17.6. The van der Waals surface area contributed by atoms with Crippen LogP contribution < -0.4 is 16.4 Å². The molecule has 3 aromatic carbocycles. The lowest BCUT2D eigenvalue weighted by Crippen LogP contribution is -2.26. The van der Waals surface area contributed by atoms with E-state index in [1.165, 1.54) is 0 Å². The average Bonchev–Trinajstić information content (AvgIpc) is 2.65. The predicted octanol–water partition coefficient (Wildman–Crippen LogP) is 4.15. The number of anilines is 4. The Balaban J connectivity index is 1.81. The van der Waals surface area contributed by atoms with Gasteiger partial charge in [0.1, 0.15) is 0 Å². The Hall–Kier alpha value is -3.27. The van der Waals surface area contributed by atoms with Crippen LogP contribution in [0.3, 0.4) is 0 Å². The van der Waals surface area contributed by atoms with Crippen molar-refractivity contribution < 1.29 is 4.79 Å². The molecule has 4 N–H and O–H groups in total. The minimum absolute atomic E-state index is 0.0350. The molecule has 0 aliphatic rings. The molecule has 0 fully saturated rings. The van der Waals surface area contributed by atoms with Gasteiger partial charge in [-0.25, -0.2) is 0 Å². The predicted molar refractivity (Wildman–Crippen MR) is 104 cm³/mol. The maximum absolute atomic E-state index is 12.9. The number of hydrogen-bond donors (Lipinski definition) is 2. The van der Waals surface area contributed by atoms with E-state index in [1.54, 1.807) is 11.0 Å². The molecule has 0 aromatic heterocycles.